The molecular weight excluding hydrogens is 360 g/mol. The summed E-state index contributed by atoms with van der Waals surface area (Å²) in [6.45, 7) is 2.09. The van der Waals surface area contributed by atoms with Crippen molar-refractivity contribution in [3.63, 3.8) is 0 Å². The summed E-state index contributed by atoms with van der Waals surface area (Å²) in [4.78, 5) is 18.0. The number of rotatable bonds is 4. The van der Waals surface area contributed by atoms with Crippen LogP contribution in [-0.4, -0.2) is 61.2 Å². The van der Waals surface area contributed by atoms with Gasteiger partial charge in [0.05, 0.1) is 18.6 Å². The van der Waals surface area contributed by atoms with Crippen LogP contribution in [0.4, 0.5) is 4.79 Å². The van der Waals surface area contributed by atoms with Crippen LogP contribution in [0, 0.1) is 0 Å². The molecule has 26 heavy (non-hydrogen) atoms. The molecule has 2 aromatic rings. The molecule has 0 spiro atoms. The highest BCUT2D eigenvalue weighted by atomic mass is 32.2. The zero-order chi connectivity index (χ0) is 18.7. The number of ether oxygens (including phenoxy) is 1. The van der Waals surface area contributed by atoms with E-state index in [4.69, 9.17) is 9.26 Å². The van der Waals surface area contributed by atoms with Crippen molar-refractivity contribution in [3.8, 4) is 17.1 Å². The number of methoxy groups -OCH3 is 1. The topological polar surface area (TPSA) is 115 Å². The highest BCUT2D eigenvalue weighted by Crippen LogP contribution is 2.21. The summed E-state index contributed by atoms with van der Waals surface area (Å²) >= 11 is 0. The number of hydrogen-bond donors (Lipinski definition) is 1. The molecule has 1 aliphatic rings. The third-order valence-electron chi connectivity index (χ3n) is 4.13. The quantitative estimate of drug-likeness (QED) is 0.849. The molecule has 0 saturated carbocycles. The van der Waals surface area contributed by atoms with Gasteiger partial charge in [-0.15, -0.1) is 0 Å². The molecule has 1 saturated heterocycles. The molecule has 1 atom stereocenters. The second-order valence-corrected chi connectivity index (χ2v) is 8.30. The standard InChI is InChI=1S/C16H20N4O5S/c1-11(17-16(21)20-7-9-26(22,23)10-8-20)15-18-14(19-25-15)12-3-5-13(24-2)6-4-12/h3-6,11H,7-10H2,1-2H3,(H,17,21). The molecule has 1 aromatic carbocycles. The van der Waals surface area contributed by atoms with Crippen molar-refractivity contribution in [1.29, 1.82) is 0 Å². The minimum Gasteiger partial charge on any atom is -0.497 e. The molecule has 140 valence electrons. The second-order valence-electron chi connectivity index (χ2n) is 5.99. The lowest BCUT2D eigenvalue weighted by Gasteiger charge is -2.27. The Labute approximate surface area is 151 Å². The van der Waals surface area contributed by atoms with Gasteiger partial charge >= 0.3 is 6.03 Å². The Bertz CT molecular complexity index is 864. The first-order chi connectivity index (χ1) is 12.4. The van der Waals surface area contributed by atoms with Crippen LogP contribution < -0.4 is 10.1 Å². The highest BCUT2D eigenvalue weighted by Gasteiger charge is 2.27. The maximum absolute atomic E-state index is 12.3. The zero-order valence-corrected chi connectivity index (χ0v) is 15.3. The first-order valence-corrected chi connectivity index (χ1v) is 9.94. The summed E-state index contributed by atoms with van der Waals surface area (Å²) in [5.74, 6) is 1.37. The van der Waals surface area contributed by atoms with Crippen LogP contribution in [0.15, 0.2) is 28.8 Å². The van der Waals surface area contributed by atoms with Gasteiger partial charge in [-0.05, 0) is 31.2 Å². The number of aromatic nitrogens is 2. The number of sulfone groups is 1. The summed E-state index contributed by atoms with van der Waals surface area (Å²) in [5, 5.41) is 6.68. The molecular formula is C16H20N4O5S. The van der Waals surface area contributed by atoms with E-state index < -0.39 is 15.9 Å². The second kappa shape index (κ2) is 7.32. The van der Waals surface area contributed by atoms with Crippen LogP contribution in [0.3, 0.4) is 0 Å². The molecule has 9 nitrogen and oxygen atoms in total. The van der Waals surface area contributed by atoms with Crippen molar-refractivity contribution in [3.05, 3.63) is 30.2 Å². The van der Waals surface area contributed by atoms with E-state index in [-0.39, 0.29) is 36.5 Å². The first kappa shape index (κ1) is 18.2. The Morgan fingerprint density at radius 2 is 1.92 bits per heavy atom. The molecule has 1 N–H and O–H groups in total. The maximum Gasteiger partial charge on any atom is 0.318 e. The summed E-state index contributed by atoms with van der Waals surface area (Å²) < 4.78 is 33.2. The Hall–Kier alpha value is -2.62. The summed E-state index contributed by atoms with van der Waals surface area (Å²) in [6, 6.07) is 6.36. The van der Waals surface area contributed by atoms with Gasteiger partial charge in [0.1, 0.15) is 11.8 Å². The minimum atomic E-state index is -3.03. The van der Waals surface area contributed by atoms with Crippen LogP contribution in [-0.2, 0) is 9.84 Å². The van der Waals surface area contributed by atoms with Crippen molar-refractivity contribution in [2.45, 2.75) is 13.0 Å². The number of benzene rings is 1. The van der Waals surface area contributed by atoms with E-state index in [1.165, 1.54) is 4.90 Å². The molecule has 1 unspecified atom stereocenters. The van der Waals surface area contributed by atoms with Gasteiger partial charge in [0, 0.05) is 18.7 Å². The fourth-order valence-electron chi connectivity index (χ4n) is 2.52. The van der Waals surface area contributed by atoms with Crippen molar-refractivity contribution in [2.24, 2.45) is 0 Å². The third-order valence-corrected chi connectivity index (χ3v) is 5.74. The van der Waals surface area contributed by atoms with Gasteiger partial charge < -0.3 is 19.5 Å². The van der Waals surface area contributed by atoms with E-state index in [0.717, 1.165) is 11.3 Å². The van der Waals surface area contributed by atoms with Crippen molar-refractivity contribution in [1.82, 2.24) is 20.4 Å². The average molecular weight is 380 g/mol. The smallest absolute Gasteiger partial charge is 0.318 e. The van der Waals surface area contributed by atoms with Gasteiger partial charge in [0.2, 0.25) is 11.7 Å². The monoisotopic (exact) mass is 380 g/mol. The van der Waals surface area contributed by atoms with Gasteiger partial charge in [-0.25, -0.2) is 13.2 Å². The predicted octanol–water partition coefficient (Wildman–Crippen LogP) is 1.25. The van der Waals surface area contributed by atoms with E-state index >= 15 is 0 Å². The third kappa shape index (κ3) is 4.13. The molecule has 0 bridgehead atoms. The van der Waals surface area contributed by atoms with Crippen LogP contribution >= 0.6 is 0 Å². The number of amides is 2. The SMILES string of the molecule is COc1ccc(-c2noc(C(C)NC(=O)N3CCS(=O)(=O)CC3)n2)cc1. The van der Waals surface area contributed by atoms with Crippen molar-refractivity contribution < 1.29 is 22.5 Å². The van der Waals surface area contributed by atoms with Crippen LogP contribution in [0.2, 0.25) is 0 Å². The molecule has 1 fully saturated rings. The molecule has 0 radical (unpaired) electrons. The van der Waals surface area contributed by atoms with Crippen LogP contribution in [0.1, 0.15) is 18.9 Å². The normalized spacial score (nSPS) is 17.5. The fraction of sp³-hybridized carbons (Fsp3) is 0.438. The summed E-state index contributed by atoms with van der Waals surface area (Å²) in [7, 11) is -1.45. The van der Waals surface area contributed by atoms with Crippen LogP contribution in [0.25, 0.3) is 11.4 Å². The van der Waals surface area contributed by atoms with E-state index in [2.05, 4.69) is 15.5 Å². The Morgan fingerprint density at radius 1 is 1.27 bits per heavy atom. The van der Waals surface area contributed by atoms with E-state index in [1.807, 2.05) is 12.1 Å². The number of carbonyl (C=O) groups excluding carboxylic acids is 1. The van der Waals surface area contributed by atoms with E-state index in [9.17, 15) is 13.2 Å². The van der Waals surface area contributed by atoms with Gasteiger partial charge in [0.25, 0.3) is 0 Å². The summed E-state index contributed by atoms with van der Waals surface area (Å²) in [6.07, 6.45) is 0. The number of hydrogen-bond acceptors (Lipinski definition) is 7. The lowest BCUT2D eigenvalue weighted by molar-refractivity contribution is 0.196. The van der Waals surface area contributed by atoms with Crippen molar-refractivity contribution >= 4 is 15.9 Å². The number of urea groups is 1. The number of carbonyl (C=O) groups is 1. The summed E-state index contributed by atoms with van der Waals surface area (Å²) in [5.41, 5.74) is 0.764. The molecule has 0 aliphatic carbocycles. The molecule has 2 amide bonds. The lowest BCUT2D eigenvalue weighted by atomic mass is 10.2. The Kier molecular flexibility index (Phi) is 5.12. The molecule has 2 heterocycles. The maximum atomic E-state index is 12.3. The predicted molar refractivity (Wildman–Crippen MR) is 93.5 cm³/mol. The number of nitrogens with one attached hydrogen (secondary N) is 1. The van der Waals surface area contributed by atoms with Gasteiger partial charge in [-0.2, -0.15) is 4.98 Å². The number of nitrogens with zero attached hydrogens (tertiary/aromatic N) is 3. The van der Waals surface area contributed by atoms with Crippen molar-refractivity contribution in [2.75, 3.05) is 31.7 Å². The van der Waals surface area contributed by atoms with Gasteiger partial charge in [-0.1, -0.05) is 5.16 Å². The van der Waals surface area contributed by atoms with Gasteiger partial charge in [0.15, 0.2) is 9.84 Å². The lowest BCUT2D eigenvalue weighted by Crippen LogP contribution is -2.48. The Balaban J connectivity index is 1.62. The molecule has 1 aromatic heterocycles. The molecule has 1 aliphatic heterocycles. The minimum absolute atomic E-state index is 0.0169. The fourth-order valence-corrected chi connectivity index (χ4v) is 3.72. The molecule has 10 heteroatoms. The average Bonchev–Trinajstić information content (AvgIpc) is 3.12. The van der Waals surface area contributed by atoms with E-state index in [0.29, 0.717) is 5.82 Å². The van der Waals surface area contributed by atoms with Crippen LogP contribution in [0.5, 0.6) is 5.75 Å². The zero-order valence-electron chi connectivity index (χ0n) is 14.5. The largest absolute Gasteiger partial charge is 0.497 e. The highest BCUT2D eigenvalue weighted by molar-refractivity contribution is 7.91. The van der Waals surface area contributed by atoms with E-state index in [1.54, 1.807) is 26.2 Å². The first-order valence-electron chi connectivity index (χ1n) is 8.12. The van der Waals surface area contributed by atoms with Gasteiger partial charge in [-0.3, -0.25) is 0 Å². The molecule has 3 rings (SSSR count). The Morgan fingerprint density at radius 3 is 2.54 bits per heavy atom.